The van der Waals surface area contributed by atoms with Crippen LogP contribution >= 0.6 is 15.9 Å². The standard InChI is InChI=1S/C12H16BrFN2O3/c1-3-15-6-8(2)7-19-12-5-10(14)9(13)4-11(12)16(17)18/h4-5,8,15H,3,6-7H2,1-2H3. The molecule has 1 rings (SSSR count). The predicted octanol–water partition coefficient (Wildman–Crippen LogP) is 3.12. The van der Waals surface area contributed by atoms with Crippen LogP contribution in [0, 0.1) is 21.8 Å². The van der Waals surface area contributed by atoms with Crippen LogP contribution < -0.4 is 10.1 Å². The summed E-state index contributed by atoms with van der Waals surface area (Å²) >= 11 is 2.92. The molecular formula is C12H16BrFN2O3. The van der Waals surface area contributed by atoms with Crippen LogP contribution in [0.5, 0.6) is 5.75 Å². The largest absolute Gasteiger partial charge is 0.486 e. The van der Waals surface area contributed by atoms with E-state index in [1.165, 1.54) is 0 Å². The zero-order chi connectivity index (χ0) is 14.4. The smallest absolute Gasteiger partial charge is 0.312 e. The van der Waals surface area contributed by atoms with Crippen LogP contribution in [0.25, 0.3) is 0 Å². The SMILES string of the molecule is CCNCC(C)COc1cc(F)c(Br)cc1[N+](=O)[O-]. The maximum Gasteiger partial charge on any atom is 0.312 e. The molecule has 19 heavy (non-hydrogen) atoms. The van der Waals surface area contributed by atoms with Gasteiger partial charge in [0, 0.05) is 24.6 Å². The molecule has 0 radical (unpaired) electrons. The molecule has 0 heterocycles. The van der Waals surface area contributed by atoms with Gasteiger partial charge in [-0.05, 0) is 22.5 Å². The Morgan fingerprint density at radius 3 is 2.84 bits per heavy atom. The van der Waals surface area contributed by atoms with E-state index in [2.05, 4.69) is 21.2 Å². The molecule has 0 amide bonds. The molecule has 0 aromatic heterocycles. The summed E-state index contributed by atoms with van der Waals surface area (Å²) in [6.45, 7) is 5.81. The highest BCUT2D eigenvalue weighted by molar-refractivity contribution is 9.10. The first-order valence-electron chi connectivity index (χ1n) is 5.92. The second kappa shape index (κ2) is 7.40. The van der Waals surface area contributed by atoms with Crippen LogP contribution in [0.15, 0.2) is 16.6 Å². The second-order valence-corrected chi connectivity index (χ2v) is 5.07. The van der Waals surface area contributed by atoms with E-state index in [0.29, 0.717) is 0 Å². The summed E-state index contributed by atoms with van der Waals surface area (Å²) in [6, 6.07) is 2.14. The van der Waals surface area contributed by atoms with Gasteiger partial charge in [0.05, 0.1) is 16.0 Å². The second-order valence-electron chi connectivity index (χ2n) is 4.22. The molecule has 5 nitrogen and oxygen atoms in total. The Hall–Kier alpha value is -1.21. The molecule has 7 heteroatoms. The van der Waals surface area contributed by atoms with E-state index in [9.17, 15) is 14.5 Å². The zero-order valence-corrected chi connectivity index (χ0v) is 12.4. The topological polar surface area (TPSA) is 64.4 Å². The molecule has 1 atom stereocenters. The van der Waals surface area contributed by atoms with E-state index in [4.69, 9.17) is 4.74 Å². The number of hydrogen-bond donors (Lipinski definition) is 1. The van der Waals surface area contributed by atoms with Gasteiger partial charge in [-0.2, -0.15) is 0 Å². The Kier molecular flexibility index (Phi) is 6.17. The van der Waals surface area contributed by atoms with Gasteiger partial charge in [-0.3, -0.25) is 10.1 Å². The molecule has 1 aromatic rings. The lowest BCUT2D eigenvalue weighted by atomic mass is 10.2. The summed E-state index contributed by atoms with van der Waals surface area (Å²) in [5.74, 6) is -0.458. The minimum atomic E-state index is -0.589. The van der Waals surface area contributed by atoms with Gasteiger partial charge in [0.25, 0.3) is 0 Å². The van der Waals surface area contributed by atoms with E-state index in [-0.39, 0.29) is 28.4 Å². The van der Waals surface area contributed by atoms with Gasteiger partial charge in [-0.1, -0.05) is 13.8 Å². The van der Waals surface area contributed by atoms with Gasteiger partial charge in [0.15, 0.2) is 5.75 Å². The van der Waals surface area contributed by atoms with Crippen molar-refractivity contribution in [3.05, 3.63) is 32.5 Å². The molecule has 1 aromatic carbocycles. The molecule has 0 saturated heterocycles. The molecule has 0 fully saturated rings. The normalized spacial score (nSPS) is 12.2. The van der Waals surface area contributed by atoms with Crippen LogP contribution in [0.1, 0.15) is 13.8 Å². The molecule has 0 aliphatic heterocycles. The van der Waals surface area contributed by atoms with Gasteiger partial charge in [-0.15, -0.1) is 0 Å². The Morgan fingerprint density at radius 2 is 2.26 bits per heavy atom. The Labute approximate surface area is 119 Å². The van der Waals surface area contributed by atoms with Crippen LogP contribution in [0.2, 0.25) is 0 Å². The average Bonchev–Trinajstić information content (AvgIpc) is 2.36. The third-order valence-corrected chi connectivity index (χ3v) is 3.07. The number of halogens is 2. The summed E-state index contributed by atoms with van der Waals surface area (Å²) < 4.78 is 18.8. The summed E-state index contributed by atoms with van der Waals surface area (Å²) in [4.78, 5) is 10.3. The predicted molar refractivity (Wildman–Crippen MR) is 74.0 cm³/mol. The van der Waals surface area contributed by atoms with Gasteiger partial charge in [0.1, 0.15) is 5.82 Å². The average molecular weight is 335 g/mol. The molecule has 1 N–H and O–H groups in total. The van der Waals surface area contributed by atoms with Crippen LogP contribution in [0.4, 0.5) is 10.1 Å². The number of rotatable bonds is 7. The third kappa shape index (κ3) is 4.76. The minimum Gasteiger partial charge on any atom is -0.486 e. The summed E-state index contributed by atoms with van der Waals surface area (Å²) in [6.07, 6.45) is 0. The van der Waals surface area contributed by atoms with Crippen molar-refractivity contribution in [3.8, 4) is 5.75 Å². The highest BCUT2D eigenvalue weighted by Gasteiger charge is 2.19. The first kappa shape index (κ1) is 15.8. The number of nitrogens with one attached hydrogen (secondary N) is 1. The summed E-state index contributed by atoms with van der Waals surface area (Å²) in [7, 11) is 0. The zero-order valence-electron chi connectivity index (χ0n) is 10.8. The first-order valence-corrected chi connectivity index (χ1v) is 6.72. The highest BCUT2D eigenvalue weighted by Crippen LogP contribution is 2.32. The number of benzene rings is 1. The molecule has 0 aliphatic carbocycles. The van der Waals surface area contributed by atoms with E-state index in [1.54, 1.807) is 0 Å². The molecule has 0 bridgehead atoms. The van der Waals surface area contributed by atoms with Gasteiger partial charge >= 0.3 is 5.69 Å². The molecule has 0 aliphatic rings. The summed E-state index contributed by atoms with van der Waals surface area (Å²) in [5, 5.41) is 14.0. The third-order valence-electron chi connectivity index (χ3n) is 2.46. The fraction of sp³-hybridized carbons (Fsp3) is 0.500. The number of hydrogen-bond acceptors (Lipinski definition) is 4. The molecule has 0 saturated carbocycles. The van der Waals surface area contributed by atoms with Gasteiger partial charge in [0.2, 0.25) is 0 Å². The van der Waals surface area contributed by atoms with Gasteiger partial charge < -0.3 is 10.1 Å². The monoisotopic (exact) mass is 334 g/mol. The Morgan fingerprint density at radius 1 is 1.58 bits per heavy atom. The maximum atomic E-state index is 13.4. The lowest BCUT2D eigenvalue weighted by Gasteiger charge is -2.13. The molecule has 1 unspecified atom stereocenters. The van der Waals surface area contributed by atoms with E-state index >= 15 is 0 Å². The number of ether oxygens (including phenoxy) is 1. The van der Waals surface area contributed by atoms with Crippen LogP contribution in [-0.4, -0.2) is 24.6 Å². The molecular weight excluding hydrogens is 319 g/mol. The maximum absolute atomic E-state index is 13.4. The number of nitro benzene ring substituents is 1. The van der Waals surface area contributed by atoms with Crippen molar-refractivity contribution in [2.45, 2.75) is 13.8 Å². The number of nitrogens with zero attached hydrogens (tertiary/aromatic N) is 1. The molecule has 0 spiro atoms. The number of nitro groups is 1. The minimum absolute atomic E-state index is 0.0472. The summed E-state index contributed by atoms with van der Waals surface area (Å²) in [5.41, 5.74) is -0.246. The molecule has 106 valence electrons. The van der Waals surface area contributed by atoms with Crippen molar-refractivity contribution in [1.82, 2.24) is 5.32 Å². The van der Waals surface area contributed by atoms with Crippen molar-refractivity contribution >= 4 is 21.6 Å². The van der Waals surface area contributed by atoms with Crippen LogP contribution in [-0.2, 0) is 0 Å². The fourth-order valence-electron chi connectivity index (χ4n) is 1.46. The van der Waals surface area contributed by atoms with Crippen molar-refractivity contribution < 1.29 is 14.1 Å². The lowest BCUT2D eigenvalue weighted by Crippen LogP contribution is -2.24. The van der Waals surface area contributed by atoms with Crippen molar-refractivity contribution in [1.29, 1.82) is 0 Å². The van der Waals surface area contributed by atoms with E-state index in [0.717, 1.165) is 25.2 Å². The van der Waals surface area contributed by atoms with Crippen molar-refractivity contribution in [2.75, 3.05) is 19.7 Å². The fourth-order valence-corrected chi connectivity index (χ4v) is 1.79. The first-order chi connectivity index (χ1) is 8.95. The van der Waals surface area contributed by atoms with Crippen molar-refractivity contribution in [3.63, 3.8) is 0 Å². The van der Waals surface area contributed by atoms with Crippen LogP contribution in [0.3, 0.4) is 0 Å². The Balaban J connectivity index is 2.77. The lowest BCUT2D eigenvalue weighted by molar-refractivity contribution is -0.386. The van der Waals surface area contributed by atoms with E-state index in [1.807, 2.05) is 13.8 Å². The quantitative estimate of drug-likeness (QED) is 0.614. The van der Waals surface area contributed by atoms with Gasteiger partial charge in [-0.25, -0.2) is 4.39 Å². The van der Waals surface area contributed by atoms with E-state index < -0.39 is 10.7 Å². The highest BCUT2D eigenvalue weighted by atomic mass is 79.9. The Bertz CT molecular complexity index is 457. The van der Waals surface area contributed by atoms with Crippen molar-refractivity contribution in [2.24, 2.45) is 5.92 Å².